The van der Waals surface area contributed by atoms with Crippen LogP contribution in [0.2, 0.25) is 0 Å². The summed E-state index contributed by atoms with van der Waals surface area (Å²) in [6, 6.07) is 5.72. The van der Waals surface area contributed by atoms with Gasteiger partial charge in [0.15, 0.2) is 6.61 Å². The molecule has 1 aliphatic carbocycles. The molecule has 1 amide bonds. The molecule has 0 atom stereocenters. The minimum Gasteiger partial charge on any atom is -0.484 e. The van der Waals surface area contributed by atoms with Crippen LogP contribution in [0.1, 0.15) is 36.8 Å². The molecule has 0 spiro atoms. The Kier molecular flexibility index (Phi) is 4.50. The molecule has 0 aromatic heterocycles. The van der Waals surface area contributed by atoms with Crippen molar-refractivity contribution < 1.29 is 19.4 Å². The number of carbonyl (C=O) groups excluding carboxylic acids is 1. The molecule has 1 aliphatic rings. The van der Waals surface area contributed by atoms with Crippen LogP contribution in [0, 0.1) is 13.8 Å². The third-order valence-electron chi connectivity index (χ3n) is 3.81. The molecule has 1 aromatic carbocycles. The average molecular weight is 291 g/mol. The smallest absolute Gasteiger partial charge is 0.329 e. The van der Waals surface area contributed by atoms with E-state index in [9.17, 15) is 14.7 Å². The van der Waals surface area contributed by atoms with Gasteiger partial charge in [-0.1, -0.05) is 18.9 Å². The highest BCUT2D eigenvalue weighted by Gasteiger charge is 2.42. The highest BCUT2D eigenvalue weighted by atomic mass is 16.5. The summed E-state index contributed by atoms with van der Waals surface area (Å²) < 4.78 is 5.46. The van der Waals surface area contributed by atoms with E-state index in [1.165, 1.54) is 0 Å². The molecule has 0 saturated heterocycles. The van der Waals surface area contributed by atoms with Crippen LogP contribution in [0.3, 0.4) is 0 Å². The molecule has 114 valence electrons. The summed E-state index contributed by atoms with van der Waals surface area (Å²) in [4.78, 5) is 23.3. The molecule has 0 aliphatic heterocycles. The van der Waals surface area contributed by atoms with Crippen molar-refractivity contribution in [1.29, 1.82) is 0 Å². The van der Waals surface area contributed by atoms with Crippen molar-refractivity contribution in [3.63, 3.8) is 0 Å². The van der Waals surface area contributed by atoms with Crippen molar-refractivity contribution in [2.45, 2.75) is 45.1 Å². The number of aliphatic carboxylic acids is 1. The lowest BCUT2D eigenvalue weighted by molar-refractivity contribution is -0.147. The molecule has 0 bridgehead atoms. The van der Waals surface area contributed by atoms with Crippen molar-refractivity contribution in [1.82, 2.24) is 5.32 Å². The van der Waals surface area contributed by atoms with Crippen molar-refractivity contribution in [3.05, 3.63) is 29.3 Å². The number of benzene rings is 1. The Labute approximate surface area is 124 Å². The van der Waals surface area contributed by atoms with Gasteiger partial charge >= 0.3 is 5.97 Å². The first kappa shape index (κ1) is 15.4. The first-order chi connectivity index (χ1) is 9.91. The molecular formula is C16H21NO4. The van der Waals surface area contributed by atoms with Gasteiger partial charge in [0.25, 0.3) is 5.91 Å². The number of hydrogen-bond donors (Lipinski definition) is 2. The van der Waals surface area contributed by atoms with Gasteiger partial charge in [-0.2, -0.15) is 0 Å². The fourth-order valence-corrected chi connectivity index (χ4v) is 2.84. The van der Waals surface area contributed by atoms with Gasteiger partial charge in [0.2, 0.25) is 0 Å². The Morgan fingerprint density at radius 2 is 1.76 bits per heavy atom. The largest absolute Gasteiger partial charge is 0.484 e. The molecule has 2 N–H and O–H groups in total. The normalized spacial score (nSPS) is 16.5. The first-order valence-corrected chi connectivity index (χ1v) is 7.17. The average Bonchev–Trinajstić information content (AvgIpc) is 2.85. The summed E-state index contributed by atoms with van der Waals surface area (Å²) in [7, 11) is 0. The third kappa shape index (κ3) is 3.74. The second kappa shape index (κ2) is 6.16. The molecule has 0 radical (unpaired) electrons. The number of amides is 1. The van der Waals surface area contributed by atoms with Crippen LogP contribution in [-0.2, 0) is 9.59 Å². The molecule has 1 fully saturated rings. The van der Waals surface area contributed by atoms with Crippen LogP contribution in [0.4, 0.5) is 0 Å². The molecule has 1 saturated carbocycles. The number of hydrogen-bond acceptors (Lipinski definition) is 3. The number of aryl methyl sites for hydroxylation is 2. The lowest BCUT2D eigenvalue weighted by Crippen LogP contribution is -2.53. The van der Waals surface area contributed by atoms with Crippen molar-refractivity contribution >= 4 is 11.9 Å². The monoisotopic (exact) mass is 291 g/mol. The van der Waals surface area contributed by atoms with Crippen LogP contribution in [-0.4, -0.2) is 29.1 Å². The lowest BCUT2D eigenvalue weighted by Gasteiger charge is -2.25. The van der Waals surface area contributed by atoms with E-state index >= 15 is 0 Å². The van der Waals surface area contributed by atoms with E-state index in [2.05, 4.69) is 5.32 Å². The number of carboxylic acid groups (broad SMARTS) is 1. The Morgan fingerprint density at radius 1 is 1.19 bits per heavy atom. The Balaban J connectivity index is 1.94. The van der Waals surface area contributed by atoms with E-state index in [-0.39, 0.29) is 6.61 Å². The van der Waals surface area contributed by atoms with Gasteiger partial charge < -0.3 is 15.2 Å². The SMILES string of the molecule is Cc1cc(C)cc(OCC(=O)NC2(C(=O)O)CCCC2)c1. The number of nitrogens with one attached hydrogen (secondary N) is 1. The van der Waals surface area contributed by atoms with Gasteiger partial charge in [-0.15, -0.1) is 0 Å². The number of carbonyl (C=O) groups is 2. The molecular weight excluding hydrogens is 270 g/mol. The summed E-state index contributed by atoms with van der Waals surface area (Å²) in [5.41, 5.74) is 1.01. The Morgan fingerprint density at radius 3 is 2.29 bits per heavy atom. The van der Waals surface area contributed by atoms with Crippen molar-refractivity contribution in [2.75, 3.05) is 6.61 Å². The maximum absolute atomic E-state index is 12.0. The highest BCUT2D eigenvalue weighted by molar-refractivity contribution is 5.87. The van der Waals surface area contributed by atoms with Crippen LogP contribution in [0.5, 0.6) is 5.75 Å². The molecule has 0 heterocycles. The fraction of sp³-hybridized carbons (Fsp3) is 0.500. The van der Waals surface area contributed by atoms with Crippen LogP contribution < -0.4 is 10.1 Å². The second-order valence-corrected chi connectivity index (χ2v) is 5.75. The van der Waals surface area contributed by atoms with Gasteiger partial charge in [-0.05, 0) is 49.9 Å². The second-order valence-electron chi connectivity index (χ2n) is 5.75. The third-order valence-corrected chi connectivity index (χ3v) is 3.81. The van der Waals surface area contributed by atoms with E-state index < -0.39 is 17.4 Å². The zero-order chi connectivity index (χ0) is 15.5. The maximum atomic E-state index is 12.0. The van der Waals surface area contributed by atoms with Gasteiger partial charge in [0, 0.05) is 0 Å². The van der Waals surface area contributed by atoms with Gasteiger partial charge in [-0.25, -0.2) is 4.79 Å². The van der Waals surface area contributed by atoms with Crippen molar-refractivity contribution in [2.24, 2.45) is 0 Å². The molecule has 1 aromatic rings. The minimum absolute atomic E-state index is 0.169. The van der Waals surface area contributed by atoms with Crippen LogP contribution >= 0.6 is 0 Å². The highest BCUT2D eigenvalue weighted by Crippen LogP contribution is 2.29. The molecule has 2 rings (SSSR count). The molecule has 21 heavy (non-hydrogen) atoms. The number of carboxylic acids is 1. The number of ether oxygens (including phenoxy) is 1. The quantitative estimate of drug-likeness (QED) is 0.872. The first-order valence-electron chi connectivity index (χ1n) is 7.17. The topological polar surface area (TPSA) is 75.6 Å². The van der Waals surface area contributed by atoms with Crippen LogP contribution in [0.15, 0.2) is 18.2 Å². The van der Waals surface area contributed by atoms with Gasteiger partial charge in [-0.3, -0.25) is 4.79 Å². The zero-order valence-electron chi connectivity index (χ0n) is 12.4. The van der Waals surface area contributed by atoms with Crippen molar-refractivity contribution in [3.8, 4) is 5.75 Å². The van der Waals surface area contributed by atoms with Gasteiger partial charge in [0.05, 0.1) is 0 Å². The Bertz CT molecular complexity index is 527. The van der Waals surface area contributed by atoms with Gasteiger partial charge in [0.1, 0.15) is 11.3 Å². The summed E-state index contributed by atoms with van der Waals surface area (Å²) in [6.45, 7) is 3.74. The molecule has 5 nitrogen and oxygen atoms in total. The van der Waals surface area contributed by atoms with E-state index in [0.29, 0.717) is 18.6 Å². The lowest BCUT2D eigenvalue weighted by atomic mass is 9.98. The molecule has 5 heteroatoms. The summed E-state index contributed by atoms with van der Waals surface area (Å²) >= 11 is 0. The summed E-state index contributed by atoms with van der Waals surface area (Å²) in [6.07, 6.45) is 2.62. The summed E-state index contributed by atoms with van der Waals surface area (Å²) in [5.74, 6) is -0.725. The molecule has 0 unspecified atom stereocenters. The Hall–Kier alpha value is -2.04. The summed E-state index contributed by atoms with van der Waals surface area (Å²) in [5, 5.41) is 11.9. The predicted octanol–water partition coefficient (Wildman–Crippen LogP) is 2.20. The fourth-order valence-electron chi connectivity index (χ4n) is 2.84. The number of rotatable bonds is 5. The van der Waals surface area contributed by atoms with Crippen LogP contribution in [0.25, 0.3) is 0 Å². The maximum Gasteiger partial charge on any atom is 0.329 e. The standard InChI is InChI=1S/C16H21NO4/c1-11-7-12(2)9-13(8-11)21-10-14(18)17-16(15(19)20)5-3-4-6-16/h7-9H,3-6,10H2,1-2H3,(H,17,18)(H,19,20). The zero-order valence-corrected chi connectivity index (χ0v) is 12.4. The van der Waals surface area contributed by atoms with E-state index in [0.717, 1.165) is 24.0 Å². The van der Waals surface area contributed by atoms with E-state index in [1.54, 1.807) is 0 Å². The minimum atomic E-state index is -1.11. The van der Waals surface area contributed by atoms with E-state index in [1.807, 2.05) is 32.0 Å². The van der Waals surface area contributed by atoms with E-state index in [4.69, 9.17) is 4.74 Å². The predicted molar refractivity (Wildman–Crippen MR) is 78.4 cm³/mol.